The summed E-state index contributed by atoms with van der Waals surface area (Å²) in [5.74, 6) is 1.28. The van der Waals surface area contributed by atoms with Crippen molar-refractivity contribution in [3.8, 4) is 5.75 Å². The Morgan fingerprint density at radius 1 is 1.09 bits per heavy atom. The van der Waals surface area contributed by atoms with E-state index in [0.29, 0.717) is 25.4 Å². The van der Waals surface area contributed by atoms with Gasteiger partial charge in [0.25, 0.3) is 0 Å². The summed E-state index contributed by atoms with van der Waals surface area (Å²) >= 11 is 0. The molecule has 6 heteroatoms. The van der Waals surface area contributed by atoms with Gasteiger partial charge in [-0.1, -0.05) is 42.5 Å². The molecule has 1 aliphatic carbocycles. The second kappa shape index (κ2) is 9.35. The van der Waals surface area contributed by atoms with Crippen LogP contribution in [-0.2, 0) is 6.54 Å². The zero-order valence-corrected chi connectivity index (χ0v) is 20.0. The molecule has 2 amide bonds. The highest BCUT2D eigenvalue weighted by molar-refractivity contribution is 5.79. The van der Waals surface area contributed by atoms with Crippen LogP contribution in [0.4, 0.5) is 4.79 Å². The molecule has 1 aliphatic heterocycles. The van der Waals surface area contributed by atoms with Gasteiger partial charge in [-0.15, -0.1) is 0 Å². The number of nitrogens with two attached hydrogens (primary N) is 1. The summed E-state index contributed by atoms with van der Waals surface area (Å²) in [4.78, 5) is 17.4. The minimum absolute atomic E-state index is 0.0271. The fourth-order valence-electron chi connectivity index (χ4n) is 5.45. The van der Waals surface area contributed by atoms with Crippen molar-refractivity contribution >= 4 is 6.03 Å². The smallest absolute Gasteiger partial charge is 0.322 e. The molecular weight excluding hydrogens is 414 g/mol. The molecule has 0 radical (unpaired) electrons. The maximum atomic E-state index is 13.7. The topological polar surface area (TPSA) is 79.0 Å². The van der Waals surface area contributed by atoms with Gasteiger partial charge >= 0.3 is 6.03 Å². The summed E-state index contributed by atoms with van der Waals surface area (Å²) < 4.78 is 5.26. The summed E-state index contributed by atoms with van der Waals surface area (Å²) in [6, 6.07) is 18.4. The average molecular weight is 452 g/mol. The van der Waals surface area contributed by atoms with Crippen molar-refractivity contribution in [3.05, 3.63) is 65.7 Å². The zero-order chi connectivity index (χ0) is 23.6. The van der Waals surface area contributed by atoms with Crippen LogP contribution in [0.3, 0.4) is 0 Å². The van der Waals surface area contributed by atoms with Crippen molar-refractivity contribution in [2.24, 2.45) is 5.73 Å². The van der Waals surface area contributed by atoms with Gasteiger partial charge in [0.1, 0.15) is 11.9 Å². The molecule has 2 aliphatic rings. The third kappa shape index (κ3) is 4.87. The van der Waals surface area contributed by atoms with Crippen LogP contribution < -0.4 is 10.5 Å². The van der Waals surface area contributed by atoms with E-state index in [1.165, 1.54) is 5.56 Å². The molecule has 2 fully saturated rings. The van der Waals surface area contributed by atoms with E-state index in [1.807, 2.05) is 34.1 Å². The highest BCUT2D eigenvalue weighted by Crippen LogP contribution is 2.47. The van der Waals surface area contributed by atoms with Crippen LogP contribution in [0.5, 0.6) is 5.75 Å². The Morgan fingerprint density at radius 2 is 1.73 bits per heavy atom. The molecule has 3 N–H and O–H groups in total. The SMILES string of the molecule is COc1ccc(CN2C(=O)N(CCC(C)(C)O)C3(CCC(c4ccccc4)CC3)C2N)cc1. The van der Waals surface area contributed by atoms with Gasteiger partial charge in [-0.2, -0.15) is 0 Å². The van der Waals surface area contributed by atoms with Crippen LogP contribution in [0.25, 0.3) is 0 Å². The molecule has 1 spiro atoms. The highest BCUT2D eigenvalue weighted by atomic mass is 16.5. The number of ether oxygens (including phenoxy) is 1. The number of rotatable bonds is 7. The van der Waals surface area contributed by atoms with E-state index in [1.54, 1.807) is 21.0 Å². The predicted octanol–water partition coefficient (Wildman–Crippen LogP) is 4.48. The lowest BCUT2D eigenvalue weighted by atomic mass is 9.72. The zero-order valence-electron chi connectivity index (χ0n) is 20.0. The number of amides is 2. The number of nitrogens with zero attached hydrogens (tertiary/aromatic N) is 2. The van der Waals surface area contributed by atoms with E-state index in [0.717, 1.165) is 37.0 Å². The number of hydrogen-bond donors (Lipinski definition) is 2. The maximum absolute atomic E-state index is 13.7. The van der Waals surface area contributed by atoms with Gasteiger partial charge < -0.3 is 25.4 Å². The molecule has 1 saturated carbocycles. The lowest BCUT2D eigenvalue weighted by Gasteiger charge is -2.45. The molecule has 1 saturated heterocycles. The molecule has 0 aromatic heterocycles. The van der Waals surface area contributed by atoms with E-state index in [9.17, 15) is 9.90 Å². The number of carbonyl (C=O) groups is 1. The Labute approximate surface area is 197 Å². The molecule has 1 atom stereocenters. The Hall–Kier alpha value is -2.57. The number of aliphatic hydroxyl groups is 1. The van der Waals surface area contributed by atoms with Crippen molar-refractivity contribution < 1.29 is 14.6 Å². The Balaban J connectivity index is 1.56. The monoisotopic (exact) mass is 451 g/mol. The number of carbonyl (C=O) groups excluding carboxylic acids is 1. The van der Waals surface area contributed by atoms with Gasteiger partial charge in [0.15, 0.2) is 0 Å². The van der Waals surface area contributed by atoms with Gasteiger partial charge in [0, 0.05) is 13.1 Å². The number of benzene rings is 2. The molecule has 2 aromatic carbocycles. The molecule has 4 rings (SSSR count). The van der Waals surface area contributed by atoms with Gasteiger partial charge in [-0.3, -0.25) is 0 Å². The first-order chi connectivity index (χ1) is 15.7. The van der Waals surface area contributed by atoms with Crippen molar-refractivity contribution in [1.29, 1.82) is 0 Å². The van der Waals surface area contributed by atoms with E-state index in [2.05, 4.69) is 30.3 Å². The van der Waals surface area contributed by atoms with Gasteiger partial charge in [-0.25, -0.2) is 4.79 Å². The second-order valence-corrected chi connectivity index (χ2v) is 10.2. The molecule has 2 aromatic rings. The Morgan fingerprint density at radius 3 is 2.30 bits per heavy atom. The summed E-state index contributed by atoms with van der Waals surface area (Å²) in [5, 5.41) is 10.4. The minimum atomic E-state index is -0.837. The van der Waals surface area contributed by atoms with E-state index in [4.69, 9.17) is 10.5 Å². The molecule has 1 unspecified atom stereocenters. The van der Waals surface area contributed by atoms with E-state index < -0.39 is 11.1 Å². The molecular formula is C27H37N3O3. The first-order valence-corrected chi connectivity index (χ1v) is 12.0. The fourth-order valence-corrected chi connectivity index (χ4v) is 5.45. The van der Waals surface area contributed by atoms with Crippen LogP contribution in [0, 0.1) is 0 Å². The van der Waals surface area contributed by atoms with Crippen molar-refractivity contribution in [2.45, 2.75) is 75.7 Å². The van der Waals surface area contributed by atoms with Crippen LogP contribution in [0.1, 0.15) is 63.0 Å². The van der Waals surface area contributed by atoms with Gasteiger partial charge in [0.05, 0.1) is 18.2 Å². The second-order valence-electron chi connectivity index (χ2n) is 10.2. The maximum Gasteiger partial charge on any atom is 0.322 e. The fraction of sp³-hybridized carbons (Fsp3) is 0.519. The number of hydrogen-bond acceptors (Lipinski definition) is 4. The molecule has 6 nitrogen and oxygen atoms in total. The Kier molecular flexibility index (Phi) is 6.68. The van der Waals surface area contributed by atoms with Crippen LogP contribution >= 0.6 is 0 Å². The molecule has 178 valence electrons. The van der Waals surface area contributed by atoms with Gasteiger partial charge in [-0.05, 0) is 75.1 Å². The van der Waals surface area contributed by atoms with Crippen LogP contribution in [0.2, 0.25) is 0 Å². The lowest BCUT2D eigenvalue weighted by molar-refractivity contribution is 0.0350. The van der Waals surface area contributed by atoms with Crippen molar-refractivity contribution in [2.75, 3.05) is 13.7 Å². The largest absolute Gasteiger partial charge is 0.497 e. The molecule has 33 heavy (non-hydrogen) atoms. The van der Waals surface area contributed by atoms with Crippen molar-refractivity contribution in [3.63, 3.8) is 0 Å². The van der Waals surface area contributed by atoms with E-state index in [-0.39, 0.29) is 12.2 Å². The normalized spacial score (nSPS) is 25.7. The minimum Gasteiger partial charge on any atom is -0.497 e. The lowest BCUT2D eigenvalue weighted by Crippen LogP contribution is -2.58. The summed E-state index contributed by atoms with van der Waals surface area (Å²) in [6.45, 7) is 4.56. The van der Waals surface area contributed by atoms with Crippen molar-refractivity contribution in [1.82, 2.24) is 9.80 Å². The summed E-state index contributed by atoms with van der Waals surface area (Å²) in [5.41, 5.74) is 8.02. The average Bonchev–Trinajstić information content (AvgIpc) is 3.00. The van der Waals surface area contributed by atoms with E-state index >= 15 is 0 Å². The Bertz CT molecular complexity index is 931. The summed E-state index contributed by atoms with van der Waals surface area (Å²) in [7, 11) is 1.64. The highest BCUT2D eigenvalue weighted by Gasteiger charge is 2.56. The first kappa shape index (κ1) is 23.6. The first-order valence-electron chi connectivity index (χ1n) is 12.0. The standard InChI is InChI=1S/C27H37N3O3/c1-26(2,32)17-18-30-25(31)29(19-20-9-11-23(33-3)12-10-20)24(28)27(30)15-13-22(14-16-27)21-7-5-4-6-8-21/h4-12,22,24,32H,13-19,28H2,1-3H3. The number of urea groups is 1. The third-order valence-corrected chi connectivity index (χ3v) is 7.48. The van der Waals surface area contributed by atoms with Crippen LogP contribution in [-0.4, -0.2) is 51.9 Å². The number of methoxy groups -OCH3 is 1. The summed E-state index contributed by atoms with van der Waals surface area (Å²) in [6.07, 6.45) is 3.87. The molecule has 1 heterocycles. The molecule has 0 bridgehead atoms. The third-order valence-electron chi connectivity index (χ3n) is 7.48. The van der Waals surface area contributed by atoms with Crippen LogP contribution in [0.15, 0.2) is 54.6 Å². The van der Waals surface area contributed by atoms with Gasteiger partial charge in [0.2, 0.25) is 0 Å². The predicted molar refractivity (Wildman–Crippen MR) is 130 cm³/mol. The quantitative estimate of drug-likeness (QED) is 0.651.